The van der Waals surface area contributed by atoms with E-state index in [1.54, 1.807) is 0 Å². The van der Waals surface area contributed by atoms with Crippen molar-refractivity contribution < 1.29 is 37.3 Å². The van der Waals surface area contributed by atoms with Crippen molar-refractivity contribution in [3.63, 3.8) is 0 Å². The van der Waals surface area contributed by atoms with E-state index in [-0.39, 0.29) is 37.3 Å². The van der Waals surface area contributed by atoms with Gasteiger partial charge in [-0.1, -0.05) is 24.3 Å². The average Bonchev–Trinajstić information content (AvgIpc) is 1.90. The maximum atomic E-state index is 5.34. The summed E-state index contributed by atoms with van der Waals surface area (Å²) in [6.45, 7) is 0.620. The standard InChI is InChI=1S/C7H8N.Er/c8-6-7-4-2-1-3-5-7;/h2-5H,6,8H2;. The largest absolute Gasteiger partial charge is 0.326 e. The van der Waals surface area contributed by atoms with Crippen LogP contribution in [0.15, 0.2) is 24.3 Å². The molecule has 9 heavy (non-hydrogen) atoms. The summed E-state index contributed by atoms with van der Waals surface area (Å²) in [6, 6.07) is 10.6. The van der Waals surface area contributed by atoms with Gasteiger partial charge in [0.2, 0.25) is 0 Å². The molecule has 0 saturated heterocycles. The Kier molecular flexibility index (Phi) is 5.48. The molecular formula is C7H8ErN. The summed E-state index contributed by atoms with van der Waals surface area (Å²) in [5.74, 6) is 0. The second-order valence-corrected chi connectivity index (χ2v) is 1.61. The van der Waals surface area contributed by atoms with Crippen molar-refractivity contribution in [2.45, 2.75) is 6.54 Å². The molecule has 0 saturated carbocycles. The second-order valence-electron chi connectivity index (χ2n) is 1.61. The number of benzene rings is 1. The van der Waals surface area contributed by atoms with Crippen LogP contribution in [0.4, 0.5) is 0 Å². The Balaban J connectivity index is 0.000000640. The molecule has 1 radical (unpaired) electrons. The molecule has 0 unspecified atom stereocenters. The Hall–Kier alpha value is 0.427. The molecular weight excluding hydrogens is 265 g/mol. The first kappa shape index (κ1) is 9.43. The normalized spacial score (nSPS) is 8.11. The maximum Gasteiger partial charge on any atom is 0.0178 e. The van der Waals surface area contributed by atoms with Gasteiger partial charge in [-0.05, 0) is 11.6 Å². The molecule has 0 spiro atoms. The Labute approximate surface area is 84.8 Å². The molecule has 0 aliphatic carbocycles. The van der Waals surface area contributed by atoms with Crippen molar-refractivity contribution in [1.82, 2.24) is 0 Å². The Bertz CT molecular complexity index is 150. The van der Waals surface area contributed by atoms with Crippen LogP contribution in [-0.4, -0.2) is 0 Å². The number of hydrogen-bond donors (Lipinski definition) is 1. The van der Waals surface area contributed by atoms with Gasteiger partial charge in [-0.2, -0.15) is 0 Å². The van der Waals surface area contributed by atoms with E-state index in [1.807, 2.05) is 24.3 Å². The number of rotatable bonds is 1. The summed E-state index contributed by atoms with van der Waals surface area (Å²) >= 11 is 0. The SMILES string of the molecule is NCc1cc[c]cc1.[Er]. The third kappa shape index (κ3) is 3.20. The zero-order valence-electron chi connectivity index (χ0n) is 4.88. The van der Waals surface area contributed by atoms with Gasteiger partial charge < -0.3 is 5.73 Å². The first-order valence-electron chi connectivity index (χ1n) is 2.58. The number of nitrogens with two attached hydrogens (primary N) is 1. The van der Waals surface area contributed by atoms with Gasteiger partial charge in [0.1, 0.15) is 0 Å². The molecule has 0 aliphatic rings. The smallest absolute Gasteiger partial charge is 0.0178 e. The van der Waals surface area contributed by atoms with Crippen LogP contribution in [-0.2, 0) is 6.54 Å². The molecule has 0 aliphatic heterocycles. The van der Waals surface area contributed by atoms with Crippen LogP contribution < -0.4 is 5.73 Å². The van der Waals surface area contributed by atoms with Crippen LogP contribution in [0.2, 0.25) is 0 Å². The molecule has 1 aromatic rings. The van der Waals surface area contributed by atoms with E-state index in [1.165, 1.54) is 0 Å². The van der Waals surface area contributed by atoms with Crippen molar-refractivity contribution in [2.75, 3.05) is 0 Å². The summed E-state index contributed by atoms with van der Waals surface area (Å²) in [5, 5.41) is 0. The molecule has 0 aromatic heterocycles. The van der Waals surface area contributed by atoms with Gasteiger partial charge in [0, 0.05) is 43.9 Å². The van der Waals surface area contributed by atoms with Crippen molar-refractivity contribution in [2.24, 2.45) is 5.73 Å². The minimum Gasteiger partial charge on any atom is -0.326 e. The van der Waals surface area contributed by atoms with E-state index in [4.69, 9.17) is 5.73 Å². The molecule has 0 atom stereocenters. The zero-order valence-corrected chi connectivity index (χ0v) is 6.73. The van der Waals surface area contributed by atoms with Gasteiger partial charge >= 0.3 is 0 Å². The van der Waals surface area contributed by atoms with E-state index in [0.29, 0.717) is 6.54 Å². The quantitative estimate of drug-likeness (QED) is 0.810. The van der Waals surface area contributed by atoms with Crippen molar-refractivity contribution >= 4 is 0 Å². The van der Waals surface area contributed by atoms with E-state index in [2.05, 4.69) is 6.07 Å². The third-order valence-electron chi connectivity index (χ3n) is 1.02. The van der Waals surface area contributed by atoms with E-state index in [9.17, 15) is 0 Å². The molecule has 1 aromatic carbocycles. The van der Waals surface area contributed by atoms with Crippen LogP contribution in [0.3, 0.4) is 0 Å². The fourth-order valence-electron chi connectivity index (χ4n) is 0.557. The molecule has 0 bridgehead atoms. The van der Waals surface area contributed by atoms with Gasteiger partial charge in [0.05, 0.1) is 0 Å². The molecule has 0 amide bonds. The Morgan fingerprint density at radius 2 is 1.89 bits per heavy atom. The van der Waals surface area contributed by atoms with Gasteiger partial charge in [0.25, 0.3) is 0 Å². The first-order chi connectivity index (χ1) is 3.93. The van der Waals surface area contributed by atoms with Gasteiger partial charge in [0.15, 0.2) is 0 Å². The van der Waals surface area contributed by atoms with E-state index < -0.39 is 0 Å². The molecule has 1 nitrogen and oxygen atoms in total. The summed E-state index contributed by atoms with van der Waals surface area (Å²) in [4.78, 5) is 0. The second kappa shape index (κ2) is 5.23. The van der Waals surface area contributed by atoms with Gasteiger partial charge in [-0.25, -0.2) is 0 Å². The fraction of sp³-hybridized carbons (Fsp3) is 0.143. The molecule has 1 rings (SSSR count). The van der Waals surface area contributed by atoms with Crippen LogP contribution in [0, 0.1) is 43.4 Å². The van der Waals surface area contributed by atoms with Crippen LogP contribution >= 0.6 is 0 Å². The monoisotopic (exact) mass is 272 g/mol. The predicted octanol–water partition coefficient (Wildman–Crippen LogP) is 0.945. The van der Waals surface area contributed by atoms with Crippen LogP contribution in [0.1, 0.15) is 5.56 Å². The minimum absolute atomic E-state index is 0. The van der Waals surface area contributed by atoms with Gasteiger partial charge in [-0.3, -0.25) is 0 Å². The molecule has 0 heterocycles. The summed E-state index contributed by atoms with van der Waals surface area (Å²) in [5.41, 5.74) is 6.49. The molecule has 2 heteroatoms. The Morgan fingerprint density at radius 1 is 1.33 bits per heavy atom. The fourth-order valence-corrected chi connectivity index (χ4v) is 0.557. The van der Waals surface area contributed by atoms with E-state index in [0.717, 1.165) is 5.56 Å². The first-order valence-corrected chi connectivity index (χ1v) is 2.58. The third-order valence-corrected chi connectivity index (χ3v) is 1.02. The summed E-state index contributed by atoms with van der Waals surface area (Å²) in [7, 11) is 0. The Morgan fingerprint density at radius 3 is 2.22 bits per heavy atom. The molecule has 0 fully saturated rings. The number of hydrogen-bond acceptors (Lipinski definition) is 1. The average molecular weight is 273 g/mol. The van der Waals surface area contributed by atoms with Crippen molar-refractivity contribution in [1.29, 1.82) is 0 Å². The van der Waals surface area contributed by atoms with Crippen molar-refractivity contribution in [3.05, 3.63) is 35.9 Å². The van der Waals surface area contributed by atoms with Crippen molar-refractivity contribution in [3.8, 4) is 0 Å². The van der Waals surface area contributed by atoms with Crippen LogP contribution in [0.25, 0.3) is 0 Å². The predicted molar refractivity (Wildman–Crippen MR) is 33.2 cm³/mol. The summed E-state index contributed by atoms with van der Waals surface area (Å²) < 4.78 is 0. The molecule has 2 N–H and O–H groups in total. The molecule has 53 valence electrons. The van der Waals surface area contributed by atoms with E-state index >= 15 is 0 Å². The minimum atomic E-state index is 0. The zero-order chi connectivity index (χ0) is 5.82. The topological polar surface area (TPSA) is 26.0 Å². The summed E-state index contributed by atoms with van der Waals surface area (Å²) in [6.07, 6.45) is 0. The van der Waals surface area contributed by atoms with Crippen LogP contribution in [0.5, 0.6) is 0 Å². The van der Waals surface area contributed by atoms with Gasteiger partial charge in [-0.15, -0.1) is 0 Å². The maximum absolute atomic E-state index is 5.34.